The third-order valence-electron chi connectivity index (χ3n) is 4.06. The fourth-order valence-electron chi connectivity index (χ4n) is 2.68. The zero-order chi connectivity index (χ0) is 16.1. The molecule has 120 valence electrons. The van der Waals surface area contributed by atoms with Crippen molar-refractivity contribution in [2.45, 2.75) is 23.5 Å². The summed E-state index contributed by atoms with van der Waals surface area (Å²) < 4.78 is 5.16. The number of carbonyl (C=O) groups excluding carboxylic acids is 1. The van der Waals surface area contributed by atoms with Crippen molar-refractivity contribution in [1.29, 1.82) is 0 Å². The van der Waals surface area contributed by atoms with Gasteiger partial charge in [-0.3, -0.25) is 4.79 Å². The third-order valence-corrected chi connectivity index (χ3v) is 5.14. The highest BCUT2D eigenvalue weighted by atomic mass is 32.2. The van der Waals surface area contributed by atoms with Crippen LogP contribution >= 0.6 is 11.8 Å². The Balaban J connectivity index is 1.57. The molecule has 1 amide bonds. The minimum Gasteiger partial charge on any atom is -0.497 e. The van der Waals surface area contributed by atoms with Gasteiger partial charge in [0.15, 0.2) is 0 Å². The molecule has 0 bridgehead atoms. The summed E-state index contributed by atoms with van der Waals surface area (Å²) in [5, 5.41) is 0. The van der Waals surface area contributed by atoms with Crippen molar-refractivity contribution in [2.75, 3.05) is 20.2 Å². The number of rotatable bonds is 5. The van der Waals surface area contributed by atoms with Crippen LogP contribution in [0, 0.1) is 0 Å². The van der Waals surface area contributed by atoms with Crippen molar-refractivity contribution < 1.29 is 9.53 Å². The number of amides is 1. The average Bonchev–Trinajstić information content (AvgIpc) is 3.15. The molecule has 1 saturated heterocycles. The minimum atomic E-state index is 0.164. The van der Waals surface area contributed by atoms with Gasteiger partial charge in [-0.25, -0.2) is 0 Å². The van der Waals surface area contributed by atoms with Crippen molar-refractivity contribution >= 4 is 17.7 Å². The smallest absolute Gasteiger partial charge is 0.253 e. The molecule has 23 heavy (non-hydrogen) atoms. The molecule has 3 nitrogen and oxygen atoms in total. The fourth-order valence-corrected chi connectivity index (χ4v) is 3.54. The maximum Gasteiger partial charge on any atom is 0.253 e. The molecule has 0 saturated carbocycles. The van der Waals surface area contributed by atoms with Gasteiger partial charge in [0.2, 0.25) is 0 Å². The first-order valence-electron chi connectivity index (χ1n) is 7.91. The number of benzene rings is 2. The second-order valence-electron chi connectivity index (χ2n) is 5.66. The van der Waals surface area contributed by atoms with Gasteiger partial charge >= 0.3 is 0 Å². The molecule has 4 heteroatoms. The summed E-state index contributed by atoms with van der Waals surface area (Å²) in [6.07, 6.45) is 2.25. The minimum absolute atomic E-state index is 0.164. The molecule has 0 radical (unpaired) electrons. The van der Waals surface area contributed by atoms with Crippen LogP contribution in [0.2, 0.25) is 0 Å². The number of nitrogens with zero attached hydrogens (tertiary/aromatic N) is 1. The zero-order valence-corrected chi connectivity index (χ0v) is 14.1. The first-order valence-corrected chi connectivity index (χ1v) is 8.90. The molecular formula is C19H21NO2S. The maximum atomic E-state index is 12.3. The molecule has 1 heterocycles. The van der Waals surface area contributed by atoms with E-state index >= 15 is 0 Å². The Bertz CT molecular complexity index is 646. The molecule has 1 aliphatic rings. The van der Waals surface area contributed by atoms with Crippen molar-refractivity contribution in [3.63, 3.8) is 0 Å². The van der Waals surface area contributed by atoms with Gasteiger partial charge in [0.05, 0.1) is 7.11 Å². The Kier molecular flexibility index (Phi) is 5.23. The van der Waals surface area contributed by atoms with Gasteiger partial charge in [0.25, 0.3) is 5.91 Å². The highest BCUT2D eigenvalue weighted by Gasteiger charge is 2.19. The summed E-state index contributed by atoms with van der Waals surface area (Å²) in [4.78, 5) is 15.5. The summed E-state index contributed by atoms with van der Waals surface area (Å²) in [7, 11) is 1.67. The largest absolute Gasteiger partial charge is 0.497 e. The Hall–Kier alpha value is -1.94. The first-order chi connectivity index (χ1) is 11.3. The lowest BCUT2D eigenvalue weighted by Crippen LogP contribution is -2.27. The highest BCUT2D eigenvalue weighted by molar-refractivity contribution is 7.98. The van der Waals surface area contributed by atoms with Crippen molar-refractivity contribution in [3.8, 4) is 5.75 Å². The number of ether oxygens (including phenoxy) is 1. The standard InChI is InChI=1S/C19H21NO2S/c1-22-17-8-10-18(11-9-17)23-14-15-4-6-16(7-5-15)19(21)20-12-2-3-13-20/h4-11H,2-3,12-14H2,1H3. The molecule has 0 spiro atoms. The molecule has 0 aliphatic carbocycles. The van der Waals surface area contributed by atoms with Gasteiger partial charge in [-0.2, -0.15) is 0 Å². The second kappa shape index (κ2) is 7.55. The summed E-state index contributed by atoms with van der Waals surface area (Å²) in [5.41, 5.74) is 2.02. The van der Waals surface area contributed by atoms with E-state index in [0.717, 1.165) is 43.0 Å². The predicted octanol–water partition coefficient (Wildman–Crippen LogP) is 4.22. The van der Waals surface area contributed by atoms with Crippen LogP contribution in [0.15, 0.2) is 53.4 Å². The van der Waals surface area contributed by atoms with Crippen LogP contribution in [0.25, 0.3) is 0 Å². The number of thioether (sulfide) groups is 1. The molecule has 0 unspecified atom stereocenters. The van der Waals surface area contributed by atoms with Crippen LogP contribution in [0.4, 0.5) is 0 Å². The SMILES string of the molecule is COc1ccc(SCc2ccc(C(=O)N3CCCC3)cc2)cc1. The van der Waals surface area contributed by atoms with E-state index in [2.05, 4.69) is 24.3 Å². The van der Waals surface area contributed by atoms with E-state index in [-0.39, 0.29) is 5.91 Å². The Morgan fingerprint density at radius 3 is 2.30 bits per heavy atom. The number of hydrogen-bond acceptors (Lipinski definition) is 3. The fraction of sp³-hybridized carbons (Fsp3) is 0.316. The van der Waals surface area contributed by atoms with Crippen LogP contribution < -0.4 is 4.74 Å². The molecular weight excluding hydrogens is 306 g/mol. The Labute approximate surface area is 141 Å². The van der Waals surface area contributed by atoms with Crippen molar-refractivity contribution in [2.24, 2.45) is 0 Å². The van der Waals surface area contributed by atoms with Crippen molar-refractivity contribution in [1.82, 2.24) is 4.90 Å². The summed E-state index contributed by atoms with van der Waals surface area (Å²) >= 11 is 1.78. The van der Waals surface area contributed by atoms with E-state index < -0.39 is 0 Å². The molecule has 2 aromatic rings. The van der Waals surface area contributed by atoms with Gasteiger partial charge < -0.3 is 9.64 Å². The van der Waals surface area contributed by atoms with E-state index in [1.807, 2.05) is 29.2 Å². The van der Waals surface area contributed by atoms with Crippen LogP contribution in [-0.4, -0.2) is 31.0 Å². The quantitative estimate of drug-likeness (QED) is 0.770. The second-order valence-corrected chi connectivity index (χ2v) is 6.71. The van der Waals surface area contributed by atoms with E-state index in [9.17, 15) is 4.79 Å². The summed E-state index contributed by atoms with van der Waals surface area (Å²) in [6, 6.07) is 16.1. The monoisotopic (exact) mass is 327 g/mol. The van der Waals surface area contributed by atoms with E-state index in [1.165, 1.54) is 10.5 Å². The lowest BCUT2D eigenvalue weighted by molar-refractivity contribution is 0.0793. The summed E-state index contributed by atoms with van der Waals surface area (Å²) in [6.45, 7) is 1.79. The van der Waals surface area contributed by atoms with E-state index in [1.54, 1.807) is 18.9 Å². The van der Waals surface area contributed by atoms with Gasteiger partial charge in [-0.1, -0.05) is 12.1 Å². The molecule has 1 aliphatic heterocycles. The number of methoxy groups -OCH3 is 1. The third kappa shape index (κ3) is 4.08. The van der Waals surface area contributed by atoms with Crippen LogP contribution in [0.1, 0.15) is 28.8 Å². The predicted molar refractivity (Wildman–Crippen MR) is 94.1 cm³/mol. The van der Waals surface area contributed by atoms with Crippen molar-refractivity contribution in [3.05, 3.63) is 59.7 Å². The number of carbonyl (C=O) groups is 1. The summed E-state index contributed by atoms with van der Waals surface area (Å²) in [5.74, 6) is 1.93. The molecule has 3 rings (SSSR count). The normalized spacial score (nSPS) is 14.0. The number of likely N-dealkylation sites (tertiary alicyclic amines) is 1. The Morgan fingerprint density at radius 2 is 1.70 bits per heavy atom. The average molecular weight is 327 g/mol. The van der Waals surface area contributed by atoms with Gasteiger partial charge in [0.1, 0.15) is 5.75 Å². The lowest BCUT2D eigenvalue weighted by atomic mass is 10.1. The highest BCUT2D eigenvalue weighted by Crippen LogP contribution is 2.25. The van der Waals surface area contributed by atoms with Crippen LogP contribution in [0.3, 0.4) is 0 Å². The Morgan fingerprint density at radius 1 is 1.04 bits per heavy atom. The number of hydrogen-bond donors (Lipinski definition) is 0. The van der Waals surface area contributed by atoms with E-state index in [0.29, 0.717) is 0 Å². The molecule has 1 fully saturated rings. The van der Waals surface area contributed by atoms with Gasteiger partial charge in [-0.05, 0) is 54.8 Å². The molecule has 0 atom stereocenters. The topological polar surface area (TPSA) is 29.5 Å². The van der Waals surface area contributed by atoms with Gasteiger partial charge in [0, 0.05) is 29.3 Å². The lowest BCUT2D eigenvalue weighted by Gasteiger charge is -2.15. The zero-order valence-electron chi connectivity index (χ0n) is 13.3. The molecule has 2 aromatic carbocycles. The first kappa shape index (κ1) is 15.9. The van der Waals surface area contributed by atoms with Crippen LogP contribution in [0.5, 0.6) is 5.75 Å². The maximum absolute atomic E-state index is 12.3. The molecule has 0 aromatic heterocycles. The molecule has 0 N–H and O–H groups in total. The van der Waals surface area contributed by atoms with Gasteiger partial charge in [-0.15, -0.1) is 11.8 Å². The van der Waals surface area contributed by atoms with Crippen LogP contribution in [-0.2, 0) is 5.75 Å². The van der Waals surface area contributed by atoms with E-state index in [4.69, 9.17) is 4.74 Å².